The lowest BCUT2D eigenvalue weighted by Gasteiger charge is -2.03. The van der Waals surface area contributed by atoms with Gasteiger partial charge in [0.15, 0.2) is 10.9 Å². The van der Waals surface area contributed by atoms with E-state index in [1.165, 1.54) is 23.8 Å². The predicted molar refractivity (Wildman–Crippen MR) is 106 cm³/mol. The van der Waals surface area contributed by atoms with Crippen molar-refractivity contribution < 1.29 is 9.59 Å². The van der Waals surface area contributed by atoms with Gasteiger partial charge in [-0.25, -0.2) is 4.98 Å². The highest BCUT2D eigenvalue weighted by Crippen LogP contribution is 2.31. The Bertz CT molecular complexity index is 915. The number of carbonyl (C=O) groups is 2. The zero-order valence-electron chi connectivity index (χ0n) is 14.8. The first kappa shape index (κ1) is 18.0. The van der Waals surface area contributed by atoms with Crippen molar-refractivity contribution in [1.29, 1.82) is 0 Å². The summed E-state index contributed by atoms with van der Waals surface area (Å²) in [6.07, 6.45) is 1.04. The average Bonchev–Trinajstić information content (AvgIpc) is 3.06. The van der Waals surface area contributed by atoms with E-state index >= 15 is 0 Å². The van der Waals surface area contributed by atoms with Crippen LogP contribution in [0.1, 0.15) is 34.1 Å². The number of benzene rings is 2. The van der Waals surface area contributed by atoms with Gasteiger partial charge in [0, 0.05) is 18.9 Å². The fraction of sp³-hybridized carbons (Fsp3) is 0.190. The predicted octanol–water partition coefficient (Wildman–Crippen LogP) is 4.89. The van der Waals surface area contributed by atoms with Gasteiger partial charge in [0.2, 0.25) is 5.91 Å². The smallest absolute Gasteiger partial charge is 0.226 e. The molecule has 3 rings (SSSR count). The van der Waals surface area contributed by atoms with Gasteiger partial charge in [-0.2, -0.15) is 0 Å². The molecule has 3 aromatic rings. The quantitative estimate of drug-likeness (QED) is 0.633. The molecule has 1 N–H and O–H groups in total. The van der Waals surface area contributed by atoms with Crippen LogP contribution in [0.2, 0.25) is 0 Å². The molecule has 1 amide bonds. The van der Waals surface area contributed by atoms with E-state index in [1.54, 1.807) is 0 Å². The molecule has 1 aromatic heterocycles. The summed E-state index contributed by atoms with van der Waals surface area (Å²) in [5.74, 6) is -0.157. The molecule has 0 aliphatic rings. The third-order valence-corrected chi connectivity index (χ3v) is 5.07. The molecule has 0 bridgehead atoms. The highest BCUT2D eigenvalue weighted by atomic mass is 32.1. The van der Waals surface area contributed by atoms with Crippen LogP contribution in [0.3, 0.4) is 0 Å². The molecule has 26 heavy (non-hydrogen) atoms. The van der Waals surface area contributed by atoms with E-state index in [0.717, 1.165) is 11.1 Å². The van der Waals surface area contributed by atoms with Crippen LogP contribution in [0.5, 0.6) is 0 Å². The van der Waals surface area contributed by atoms with Crippen LogP contribution < -0.4 is 5.32 Å². The van der Waals surface area contributed by atoms with Gasteiger partial charge >= 0.3 is 0 Å². The van der Waals surface area contributed by atoms with Crippen molar-refractivity contribution in [2.45, 2.75) is 26.7 Å². The third-order valence-electron chi connectivity index (χ3n) is 4.00. The van der Waals surface area contributed by atoms with Crippen molar-refractivity contribution >= 4 is 28.2 Å². The summed E-state index contributed by atoms with van der Waals surface area (Å²) in [5, 5.41) is 3.29. The van der Waals surface area contributed by atoms with Gasteiger partial charge in [-0.05, 0) is 18.9 Å². The number of hydrogen-bond acceptors (Lipinski definition) is 4. The number of aromatic nitrogens is 1. The molecule has 0 aliphatic carbocycles. The van der Waals surface area contributed by atoms with Crippen LogP contribution in [-0.4, -0.2) is 16.7 Å². The van der Waals surface area contributed by atoms with Crippen molar-refractivity contribution in [2.24, 2.45) is 0 Å². The Morgan fingerprint density at radius 2 is 1.73 bits per heavy atom. The molecule has 0 fully saturated rings. The Morgan fingerprint density at radius 3 is 2.38 bits per heavy atom. The fourth-order valence-corrected chi connectivity index (χ4v) is 3.50. The Morgan fingerprint density at radius 1 is 1.04 bits per heavy atom. The lowest BCUT2D eigenvalue weighted by molar-refractivity contribution is -0.116. The number of nitrogens with one attached hydrogen (secondary N) is 1. The topological polar surface area (TPSA) is 59.1 Å². The monoisotopic (exact) mass is 364 g/mol. The van der Waals surface area contributed by atoms with Crippen molar-refractivity contribution in [1.82, 2.24) is 4.98 Å². The van der Waals surface area contributed by atoms with Crippen LogP contribution >= 0.6 is 11.3 Å². The maximum Gasteiger partial charge on any atom is 0.226 e. The van der Waals surface area contributed by atoms with Gasteiger partial charge < -0.3 is 5.32 Å². The van der Waals surface area contributed by atoms with E-state index in [9.17, 15) is 9.59 Å². The summed E-state index contributed by atoms with van der Waals surface area (Å²) in [6, 6.07) is 17.7. The Hall–Kier alpha value is -2.79. The Labute approximate surface area is 156 Å². The van der Waals surface area contributed by atoms with E-state index in [4.69, 9.17) is 0 Å². The summed E-state index contributed by atoms with van der Waals surface area (Å²) in [5.41, 5.74) is 3.82. The Balaban J connectivity index is 1.70. The highest BCUT2D eigenvalue weighted by molar-refractivity contribution is 7.18. The minimum atomic E-state index is -0.103. The molecule has 1 heterocycles. The van der Waals surface area contributed by atoms with Crippen molar-refractivity contribution in [2.75, 3.05) is 5.32 Å². The molecule has 0 unspecified atom stereocenters. The fourth-order valence-electron chi connectivity index (χ4n) is 2.60. The van der Waals surface area contributed by atoms with Gasteiger partial charge in [0.1, 0.15) is 0 Å². The molecule has 132 valence electrons. The maximum atomic E-state index is 12.3. The number of aryl methyl sites for hydroxylation is 2. The lowest BCUT2D eigenvalue weighted by Crippen LogP contribution is -2.12. The number of rotatable bonds is 6. The molecule has 0 saturated heterocycles. The number of amides is 1. The van der Waals surface area contributed by atoms with Gasteiger partial charge in [-0.15, -0.1) is 0 Å². The van der Waals surface area contributed by atoms with E-state index in [-0.39, 0.29) is 11.7 Å². The molecule has 0 spiro atoms. The molecule has 0 radical (unpaired) electrons. The molecule has 2 aromatic carbocycles. The van der Waals surface area contributed by atoms with E-state index < -0.39 is 0 Å². The van der Waals surface area contributed by atoms with Gasteiger partial charge in [-0.1, -0.05) is 71.5 Å². The second kappa shape index (κ2) is 8.06. The SMILES string of the molecule is CC(=O)c1sc(NC(=O)CCc2ccc(C)cc2)nc1-c1ccccc1. The molecular weight excluding hydrogens is 344 g/mol. The number of thiazole rings is 1. The van der Waals surface area contributed by atoms with Gasteiger partial charge in [0.25, 0.3) is 0 Å². The molecule has 5 heteroatoms. The maximum absolute atomic E-state index is 12.3. The first-order chi connectivity index (χ1) is 12.5. The van der Waals surface area contributed by atoms with Crippen LogP contribution in [0, 0.1) is 6.92 Å². The first-order valence-corrected chi connectivity index (χ1v) is 9.27. The summed E-state index contributed by atoms with van der Waals surface area (Å²) in [4.78, 5) is 29.2. The van der Waals surface area contributed by atoms with E-state index in [0.29, 0.717) is 28.5 Å². The van der Waals surface area contributed by atoms with Crippen molar-refractivity contribution in [3.63, 3.8) is 0 Å². The average molecular weight is 364 g/mol. The normalized spacial score (nSPS) is 10.5. The first-order valence-electron chi connectivity index (χ1n) is 8.45. The van der Waals surface area contributed by atoms with Crippen LogP contribution in [-0.2, 0) is 11.2 Å². The van der Waals surface area contributed by atoms with Gasteiger partial charge in [-0.3, -0.25) is 9.59 Å². The second-order valence-corrected chi connectivity index (χ2v) is 7.15. The van der Waals surface area contributed by atoms with Crippen molar-refractivity contribution in [3.8, 4) is 11.3 Å². The van der Waals surface area contributed by atoms with Crippen LogP contribution in [0.15, 0.2) is 54.6 Å². The number of carbonyl (C=O) groups excluding carboxylic acids is 2. The zero-order chi connectivity index (χ0) is 18.5. The van der Waals surface area contributed by atoms with Crippen LogP contribution in [0.4, 0.5) is 5.13 Å². The van der Waals surface area contributed by atoms with Crippen molar-refractivity contribution in [3.05, 3.63) is 70.6 Å². The number of hydrogen-bond donors (Lipinski definition) is 1. The number of anilines is 1. The number of nitrogens with zero attached hydrogens (tertiary/aromatic N) is 1. The molecule has 4 nitrogen and oxygen atoms in total. The zero-order valence-corrected chi connectivity index (χ0v) is 15.6. The van der Waals surface area contributed by atoms with E-state index in [1.807, 2.05) is 61.5 Å². The summed E-state index contributed by atoms with van der Waals surface area (Å²) in [6.45, 7) is 3.55. The Kier molecular flexibility index (Phi) is 5.58. The second-order valence-electron chi connectivity index (χ2n) is 6.15. The molecule has 0 saturated carbocycles. The summed E-state index contributed by atoms with van der Waals surface area (Å²) in [7, 11) is 0. The summed E-state index contributed by atoms with van der Waals surface area (Å²) < 4.78 is 0. The lowest BCUT2D eigenvalue weighted by atomic mass is 10.1. The third kappa shape index (κ3) is 4.43. The molecular formula is C21H20N2O2S. The number of ketones is 1. The highest BCUT2D eigenvalue weighted by Gasteiger charge is 2.17. The summed E-state index contributed by atoms with van der Waals surface area (Å²) >= 11 is 1.22. The van der Waals surface area contributed by atoms with Crippen LogP contribution in [0.25, 0.3) is 11.3 Å². The minimum absolute atomic E-state index is 0.0542. The number of Topliss-reactive ketones (excluding diaryl/α,β-unsaturated/α-hetero) is 1. The minimum Gasteiger partial charge on any atom is -0.302 e. The standard InChI is InChI=1S/C21H20N2O2S/c1-14-8-10-16(11-9-14)12-13-18(25)22-21-23-19(20(26-21)15(2)24)17-6-4-3-5-7-17/h3-11H,12-13H2,1-2H3,(H,22,23,25). The molecule has 0 atom stereocenters. The largest absolute Gasteiger partial charge is 0.302 e. The van der Waals surface area contributed by atoms with Gasteiger partial charge in [0.05, 0.1) is 10.6 Å². The molecule has 0 aliphatic heterocycles. The van der Waals surface area contributed by atoms with E-state index in [2.05, 4.69) is 10.3 Å².